The van der Waals surface area contributed by atoms with E-state index in [0.717, 1.165) is 30.1 Å². The lowest BCUT2D eigenvalue weighted by atomic mass is 10.1. The first-order valence-electron chi connectivity index (χ1n) is 8.34. The lowest BCUT2D eigenvalue weighted by molar-refractivity contribution is -0.0172. The lowest BCUT2D eigenvalue weighted by Crippen LogP contribution is -2.40. The summed E-state index contributed by atoms with van der Waals surface area (Å²) in [4.78, 5) is 6.55. The zero-order valence-electron chi connectivity index (χ0n) is 14.1. The Morgan fingerprint density at radius 1 is 1.28 bits per heavy atom. The van der Waals surface area contributed by atoms with Crippen LogP contribution in [0.25, 0.3) is 0 Å². The molecule has 0 fully saturated rings. The van der Waals surface area contributed by atoms with Crippen LogP contribution in [0, 0.1) is 5.82 Å². The number of benzene rings is 2. The van der Waals surface area contributed by atoms with E-state index in [9.17, 15) is 4.39 Å². The maximum absolute atomic E-state index is 13.9. The number of halogens is 1. The van der Waals surface area contributed by atoms with Gasteiger partial charge in [-0.25, -0.2) is 4.39 Å². The molecule has 2 aliphatic heterocycles. The number of nitrogens with zero attached hydrogens (tertiary/aromatic N) is 2. The molecule has 2 aromatic carbocycles. The van der Waals surface area contributed by atoms with E-state index in [1.165, 1.54) is 23.4 Å². The maximum atomic E-state index is 13.9. The molecule has 0 unspecified atom stereocenters. The summed E-state index contributed by atoms with van der Waals surface area (Å²) < 4.78 is 24.7. The molecular formula is C19H20FN3O2. The van der Waals surface area contributed by atoms with Crippen molar-refractivity contribution < 1.29 is 13.9 Å². The summed E-state index contributed by atoms with van der Waals surface area (Å²) in [5.74, 6) is 1.19. The summed E-state index contributed by atoms with van der Waals surface area (Å²) in [5.41, 5.74) is 3.99. The summed E-state index contributed by atoms with van der Waals surface area (Å²) in [6, 6.07) is 11.3. The van der Waals surface area contributed by atoms with Crippen molar-refractivity contribution in [2.75, 3.05) is 25.3 Å². The Hall–Kier alpha value is -2.60. The van der Waals surface area contributed by atoms with Gasteiger partial charge in [-0.1, -0.05) is 18.2 Å². The molecule has 0 spiro atoms. The standard InChI is InChI=1S/C19H20FN3O2/c1-21-19(23-7-6-13-4-2-3-5-17(13)23)22-10-14-8-16(20)9-15-11-24-12-25-18(14)15/h2-5,8-9H,6-7,10-12H2,1H3,(H,21,22). The highest BCUT2D eigenvalue weighted by atomic mass is 19.1. The quantitative estimate of drug-likeness (QED) is 0.674. The summed E-state index contributed by atoms with van der Waals surface area (Å²) in [5, 5.41) is 3.33. The fourth-order valence-electron chi connectivity index (χ4n) is 3.42. The molecule has 2 aliphatic rings. The van der Waals surface area contributed by atoms with Gasteiger partial charge in [0.25, 0.3) is 0 Å². The Morgan fingerprint density at radius 3 is 3.04 bits per heavy atom. The SMILES string of the molecule is CN=C(NCc1cc(F)cc2c1OCOC2)N1CCc2ccccc21. The van der Waals surface area contributed by atoms with Crippen molar-refractivity contribution in [2.45, 2.75) is 19.6 Å². The van der Waals surface area contributed by atoms with Gasteiger partial charge in [0.05, 0.1) is 6.61 Å². The van der Waals surface area contributed by atoms with E-state index < -0.39 is 0 Å². The monoisotopic (exact) mass is 341 g/mol. The Bertz CT molecular complexity index is 822. The normalized spacial score (nSPS) is 16.2. The number of hydrogen-bond donors (Lipinski definition) is 1. The topological polar surface area (TPSA) is 46.1 Å². The number of anilines is 1. The van der Waals surface area contributed by atoms with E-state index in [0.29, 0.717) is 18.9 Å². The molecule has 0 atom stereocenters. The molecule has 0 bridgehead atoms. The van der Waals surface area contributed by atoms with Gasteiger partial charge < -0.3 is 19.7 Å². The molecule has 0 saturated carbocycles. The van der Waals surface area contributed by atoms with Crippen molar-refractivity contribution in [2.24, 2.45) is 4.99 Å². The first-order chi connectivity index (χ1) is 12.3. The minimum Gasteiger partial charge on any atom is -0.467 e. The molecule has 0 aromatic heterocycles. The van der Waals surface area contributed by atoms with E-state index in [1.807, 2.05) is 6.07 Å². The second-order valence-corrected chi connectivity index (χ2v) is 6.09. The molecular weight excluding hydrogens is 321 g/mol. The molecule has 0 saturated heterocycles. The van der Waals surface area contributed by atoms with E-state index in [4.69, 9.17) is 9.47 Å². The van der Waals surface area contributed by atoms with Crippen molar-refractivity contribution in [1.82, 2.24) is 5.32 Å². The molecule has 0 radical (unpaired) electrons. The van der Waals surface area contributed by atoms with Crippen LogP contribution < -0.4 is 15.0 Å². The van der Waals surface area contributed by atoms with E-state index in [-0.39, 0.29) is 12.6 Å². The molecule has 0 aliphatic carbocycles. The van der Waals surface area contributed by atoms with Crippen LogP contribution in [0.4, 0.5) is 10.1 Å². The summed E-state index contributed by atoms with van der Waals surface area (Å²) in [6.45, 7) is 1.88. The number of rotatable bonds is 2. The van der Waals surface area contributed by atoms with E-state index >= 15 is 0 Å². The van der Waals surface area contributed by atoms with Gasteiger partial charge in [0.15, 0.2) is 12.8 Å². The van der Waals surface area contributed by atoms with Crippen molar-refractivity contribution in [1.29, 1.82) is 0 Å². The highest BCUT2D eigenvalue weighted by Gasteiger charge is 2.23. The molecule has 0 amide bonds. The van der Waals surface area contributed by atoms with Crippen LogP contribution in [0.15, 0.2) is 41.4 Å². The van der Waals surface area contributed by atoms with Crippen LogP contribution in [-0.2, 0) is 24.3 Å². The van der Waals surface area contributed by atoms with Crippen LogP contribution in [0.2, 0.25) is 0 Å². The van der Waals surface area contributed by atoms with Crippen molar-refractivity contribution in [3.05, 3.63) is 58.9 Å². The average molecular weight is 341 g/mol. The smallest absolute Gasteiger partial charge is 0.198 e. The number of aliphatic imine (C=N–C) groups is 1. The molecule has 1 N–H and O–H groups in total. The number of nitrogens with one attached hydrogen (secondary N) is 1. The van der Waals surface area contributed by atoms with Crippen molar-refractivity contribution in [3.63, 3.8) is 0 Å². The van der Waals surface area contributed by atoms with Gasteiger partial charge in [-0.15, -0.1) is 0 Å². The fraction of sp³-hybridized carbons (Fsp3) is 0.316. The van der Waals surface area contributed by atoms with Gasteiger partial charge >= 0.3 is 0 Å². The molecule has 2 heterocycles. The van der Waals surface area contributed by atoms with Crippen LogP contribution >= 0.6 is 0 Å². The second-order valence-electron chi connectivity index (χ2n) is 6.09. The molecule has 4 rings (SSSR count). The van der Waals surface area contributed by atoms with Gasteiger partial charge in [0.1, 0.15) is 11.6 Å². The molecule has 25 heavy (non-hydrogen) atoms. The average Bonchev–Trinajstić information content (AvgIpc) is 3.06. The maximum Gasteiger partial charge on any atom is 0.198 e. The number of guanidine groups is 1. The minimum atomic E-state index is -0.286. The third kappa shape index (κ3) is 3.05. The second kappa shape index (κ2) is 6.72. The van der Waals surface area contributed by atoms with Crippen molar-refractivity contribution in [3.8, 4) is 5.75 Å². The molecule has 5 nitrogen and oxygen atoms in total. The predicted molar refractivity (Wildman–Crippen MR) is 94.4 cm³/mol. The first kappa shape index (κ1) is 15.9. The van der Waals surface area contributed by atoms with Crippen LogP contribution in [0.3, 0.4) is 0 Å². The van der Waals surface area contributed by atoms with Gasteiger partial charge in [-0.3, -0.25) is 4.99 Å². The first-order valence-corrected chi connectivity index (χ1v) is 8.34. The van der Waals surface area contributed by atoms with Crippen LogP contribution in [0.5, 0.6) is 5.75 Å². The van der Waals surface area contributed by atoms with Gasteiger partial charge in [-0.2, -0.15) is 0 Å². The third-order valence-corrected chi connectivity index (χ3v) is 4.54. The minimum absolute atomic E-state index is 0.194. The van der Waals surface area contributed by atoms with Gasteiger partial charge in [-0.05, 0) is 30.2 Å². The summed E-state index contributed by atoms with van der Waals surface area (Å²) >= 11 is 0. The van der Waals surface area contributed by atoms with Crippen LogP contribution in [-0.4, -0.2) is 26.3 Å². The summed E-state index contributed by atoms with van der Waals surface area (Å²) in [6.07, 6.45) is 0.993. The lowest BCUT2D eigenvalue weighted by Gasteiger charge is -2.24. The Morgan fingerprint density at radius 2 is 2.16 bits per heavy atom. The van der Waals surface area contributed by atoms with E-state index in [1.54, 1.807) is 7.05 Å². The van der Waals surface area contributed by atoms with Gasteiger partial charge in [0.2, 0.25) is 0 Å². The predicted octanol–water partition coefficient (Wildman–Crippen LogP) is 2.83. The Labute approximate surface area is 146 Å². The number of fused-ring (bicyclic) bond motifs is 2. The zero-order valence-corrected chi connectivity index (χ0v) is 14.1. The number of para-hydroxylation sites is 1. The Balaban J connectivity index is 1.54. The molecule has 2 aromatic rings. The largest absolute Gasteiger partial charge is 0.467 e. The number of ether oxygens (including phenoxy) is 2. The molecule has 6 heteroatoms. The highest BCUT2D eigenvalue weighted by Crippen LogP contribution is 2.30. The Kier molecular flexibility index (Phi) is 4.28. The number of hydrogen-bond acceptors (Lipinski definition) is 3. The molecule has 130 valence electrons. The third-order valence-electron chi connectivity index (χ3n) is 4.54. The fourth-order valence-corrected chi connectivity index (χ4v) is 3.42. The zero-order chi connectivity index (χ0) is 17.2. The van der Waals surface area contributed by atoms with Crippen molar-refractivity contribution >= 4 is 11.6 Å². The highest BCUT2D eigenvalue weighted by molar-refractivity contribution is 5.97. The summed E-state index contributed by atoms with van der Waals surface area (Å²) in [7, 11) is 1.76. The van der Waals surface area contributed by atoms with Gasteiger partial charge in [0, 0.05) is 37.0 Å². The van der Waals surface area contributed by atoms with E-state index in [2.05, 4.69) is 33.4 Å². The van der Waals surface area contributed by atoms with Crippen LogP contribution in [0.1, 0.15) is 16.7 Å².